The number of carbonyl (C=O) groups is 1. The minimum Gasteiger partial charge on any atom is -0.371 e. The van der Waals surface area contributed by atoms with Crippen LogP contribution in [-0.4, -0.2) is 80.2 Å². The van der Waals surface area contributed by atoms with Gasteiger partial charge in [0.05, 0.1) is 0 Å². The van der Waals surface area contributed by atoms with Crippen molar-refractivity contribution in [3.05, 3.63) is 41.6 Å². The van der Waals surface area contributed by atoms with Crippen LogP contribution in [0, 0.1) is 6.92 Å². The highest BCUT2D eigenvalue weighted by molar-refractivity contribution is 8.00. The number of hydrogen-bond donors (Lipinski definition) is 1. The second-order valence-electron chi connectivity index (χ2n) is 11.0. The Kier molecular flexibility index (Phi) is 7.05. The van der Waals surface area contributed by atoms with Crippen LogP contribution in [0.25, 0.3) is 0 Å². The van der Waals surface area contributed by atoms with Gasteiger partial charge in [-0.05, 0) is 81.5 Å². The predicted molar refractivity (Wildman–Crippen MR) is 148 cm³/mol. The van der Waals surface area contributed by atoms with Gasteiger partial charge < -0.3 is 9.80 Å². The van der Waals surface area contributed by atoms with E-state index in [1.165, 1.54) is 59.9 Å². The first-order chi connectivity index (χ1) is 17.2. The lowest BCUT2D eigenvalue weighted by Gasteiger charge is -2.45. The summed E-state index contributed by atoms with van der Waals surface area (Å²) in [6.07, 6.45) is 11.4. The van der Waals surface area contributed by atoms with Crippen molar-refractivity contribution in [2.75, 3.05) is 48.6 Å². The molecular formula is C27H40N6O2S. The van der Waals surface area contributed by atoms with Crippen LogP contribution in [0.15, 0.2) is 30.5 Å². The summed E-state index contributed by atoms with van der Waals surface area (Å²) >= 11 is 0. The molecule has 0 aliphatic carbocycles. The quantitative estimate of drug-likeness (QED) is 0.614. The molecule has 1 spiro atoms. The molecule has 1 atom stereocenters. The summed E-state index contributed by atoms with van der Waals surface area (Å²) in [6.45, 7) is 8.07. The van der Waals surface area contributed by atoms with E-state index < -0.39 is 9.71 Å². The Morgan fingerprint density at radius 1 is 1.06 bits per heavy atom. The number of nitrogens with zero attached hydrogens (tertiary/aromatic N) is 5. The maximum atomic E-state index is 13.1. The third-order valence-electron chi connectivity index (χ3n) is 8.11. The van der Waals surface area contributed by atoms with Gasteiger partial charge in [-0.2, -0.15) is 4.68 Å². The lowest BCUT2D eigenvalue weighted by molar-refractivity contribution is 0.0585. The molecule has 3 fully saturated rings. The van der Waals surface area contributed by atoms with Crippen LogP contribution in [0.4, 0.5) is 16.3 Å². The van der Waals surface area contributed by atoms with Crippen LogP contribution in [-0.2, 0) is 16.3 Å². The number of benzene rings is 1. The van der Waals surface area contributed by atoms with Crippen molar-refractivity contribution in [1.29, 1.82) is 0 Å². The molecule has 9 heteroatoms. The number of aromatic nitrogens is 2. The van der Waals surface area contributed by atoms with Crippen LogP contribution < -0.4 is 9.62 Å². The van der Waals surface area contributed by atoms with Gasteiger partial charge in [0.15, 0.2) is 5.82 Å². The number of hydrogen-bond acceptors (Lipinski definition) is 5. The van der Waals surface area contributed by atoms with E-state index in [1.807, 2.05) is 4.90 Å². The Bertz CT molecular complexity index is 1190. The standard InChI is InChI=1S/C27H40N6O2S/c1-22-8-9-23(24(20-22)30-14-5-4-6-15-30)21-32-16-7-11-27(32)12-18-31(19-13-27)26(34)33-17-10-25(28-33)29-36(2,3)35/h8-10,17,20H,2,4-7,11-16,18-19,21H2,1,3H3,(H,28,29,35). The zero-order chi connectivity index (χ0) is 25.3. The molecule has 1 aromatic heterocycles. The molecule has 1 unspecified atom stereocenters. The first-order valence-electron chi connectivity index (χ1n) is 13.3. The molecule has 196 valence electrons. The fourth-order valence-electron chi connectivity index (χ4n) is 6.21. The zero-order valence-electron chi connectivity index (χ0n) is 21.7. The molecule has 8 nitrogen and oxygen atoms in total. The van der Waals surface area contributed by atoms with Crippen molar-refractivity contribution in [3.63, 3.8) is 0 Å². The highest BCUT2D eigenvalue weighted by atomic mass is 32.2. The lowest BCUT2D eigenvalue weighted by atomic mass is 9.84. The van der Waals surface area contributed by atoms with Gasteiger partial charge in [-0.25, -0.2) is 9.00 Å². The van der Waals surface area contributed by atoms with Crippen molar-refractivity contribution in [3.8, 4) is 0 Å². The number of nitrogens with one attached hydrogen (secondary N) is 1. The van der Waals surface area contributed by atoms with Crippen molar-refractivity contribution in [2.24, 2.45) is 0 Å². The number of aryl methyl sites for hydroxylation is 1. The SMILES string of the molecule is C=S(C)(=O)Nc1ccn(C(=O)N2CCC3(CCCN3Cc3ccc(C)cc3N3CCCCC3)CC2)n1. The highest BCUT2D eigenvalue weighted by Crippen LogP contribution is 2.40. The van der Waals surface area contributed by atoms with E-state index in [9.17, 15) is 9.00 Å². The Labute approximate surface area is 215 Å². The van der Waals surface area contributed by atoms with E-state index in [-0.39, 0.29) is 11.6 Å². The van der Waals surface area contributed by atoms with Crippen LogP contribution in [0.2, 0.25) is 0 Å². The fraction of sp³-hybridized carbons (Fsp3) is 0.593. The molecule has 0 radical (unpaired) electrons. The second-order valence-corrected chi connectivity index (χ2v) is 13.2. The number of rotatable bonds is 5. The molecule has 0 bridgehead atoms. The summed E-state index contributed by atoms with van der Waals surface area (Å²) in [5.74, 6) is 3.99. The molecular weight excluding hydrogens is 472 g/mol. The monoisotopic (exact) mass is 512 g/mol. The van der Waals surface area contributed by atoms with E-state index in [1.54, 1.807) is 12.3 Å². The summed E-state index contributed by atoms with van der Waals surface area (Å²) in [7, 11) is -2.43. The number of amides is 1. The van der Waals surface area contributed by atoms with Gasteiger partial charge in [0, 0.05) is 72.2 Å². The number of likely N-dealkylation sites (tertiary alicyclic amines) is 2. The first-order valence-corrected chi connectivity index (χ1v) is 15.4. The predicted octanol–water partition coefficient (Wildman–Crippen LogP) is 3.95. The van der Waals surface area contributed by atoms with Crippen LogP contribution in [0.1, 0.15) is 56.1 Å². The number of carbonyl (C=O) groups excluding carboxylic acids is 1. The Morgan fingerprint density at radius 2 is 1.81 bits per heavy atom. The molecule has 3 saturated heterocycles. The molecule has 1 amide bonds. The minimum absolute atomic E-state index is 0.125. The van der Waals surface area contributed by atoms with Crippen molar-refractivity contribution in [2.45, 2.75) is 64.0 Å². The molecule has 1 N–H and O–H groups in total. The molecule has 4 heterocycles. The zero-order valence-corrected chi connectivity index (χ0v) is 22.6. The first kappa shape index (κ1) is 25.1. The second kappa shape index (κ2) is 10.1. The van der Waals surface area contributed by atoms with Crippen molar-refractivity contribution in [1.82, 2.24) is 19.6 Å². The highest BCUT2D eigenvalue weighted by Gasteiger charge is 2.44. The van der Waals surface area contributed by atoms with Gasteiger partial charge in [0.25, 0.3) is 0 Å². The maximum absolute atomic E-state index is 13.1. The van der Waals surface area contributed by atoms with Gasteiger partial charge in [-0.3, -0.25) is 9.62 Å². The average molecular weight is 513 g/mol. The molecule has 36 heavy (non-hydrogen) atoms. The largest absolute Gasteiger partial charge is 0.371 e. The molecule has 5 rings (SSSR count). The third-order valence-corrected chi connectivity index (χ3v) is 8.75. The summed E-state index contributed by atoms with van der Waals surface area (Å²) in [5.41, 5.74) is 4.36. The lowest BCUT2D eigenvalue weighted by Crippen LogP contribution is -2.53. The number of anilines is 2. The van der Waals surface area contributed by atoms with E-state index in [0.717, 1.165) is 52.1 Å². The third kappa shape index (κ3) is 5.42. The maximum Gasteiger partial charge on any atom is 0.344 e. The topological polar surface area (TPSA) is 73.7 Å². The van der Waals surface area contributed by atoms with Gasteiger partial charge in [0.2, 0.25) is 0 Å². The normalized spacial score (nSPS) is 22.1. The Hall–Kier alpha value is -2.52. The van der Waals surface area contributed by atoms with Gasteiger partial charge in [-0.15, -0.1) is 5.10 Å². The van der Waals surface area contributed by atoms with E-state index >= 15 is 0 Å². The average Bonchev–Trinajstić information content (AvgIpc) is 3.47. The summed E-state index contributed by atoms with van der Waals surface area (Å²) in [5, 5.41) is 4.27. The van der Waals surface area contributed by atoms with Crippen LogP contribution in [0.5, 0.6) is 0 Å². The molecule has 3 aliphatic heterocycles. The fourth-order valence-corrected chi connectivity index (χ4v) is 6.77. The molecule has 0 saturated carbocycles. The summed E-state index contributed by atoms with van der Waals surface area (Å²) < 4.78 is 16.0. The Balaban J connectivity index is 1.25. The molecule has 2 aromatic rings. The number of piperidine rings is 2. The van der Waals surface area contributed by atoms with Crippen molar-refractivity contribution >= 4 is 33.1 Å². The van der Waals surface area contributed by atoms with Crippen LogP contribution >= 0.6 is 0 Å². The van der Waals surface area contributed by atoms with E-state index in [4.69, 9.17) is 0 Å². The summed E-state index contributed by atoms with van der Waals surface area (Å²) in [4.78, 5) is 20.3. The molecule has 1 aromatic carbocycles. The van der Waals surface area contributed by atoms with Crippen molar-refractivity contribution < 1.29 is 9.00 Å². The molecule has 3 aliphatic rings. The summed E-state index contributed by atoms with van der Waals surface area (Å²) in [6, 6.07) is 8.51. The van der Waals surface area contributed by atoms with E-state index in [0.29, 0.717) is 5.82 Å². The van der Waals surface area contributed by atoms with E-state index in [2.05, 4.69) is 50.6 Å². The minimum atomic E-state index is -2.43. The Morgan fingerprint density at radius 3 is 2.53 bits per heavy atom. The van der Waals surface area contributed by atoms with Gasteiger partial charge in [0.1, 0.15) is 0 Å². The van der Waals surface area contributed by atoms with Crippen LogP contribution in [0.3, 0.4) is 0 Å². The van der Waals surface area contributed by atoms with Gasteiger partial charge >= 0.3 is 6.03 Å². The van der Waals surface area contributed by atoms with Gasteiger partial charge in [-0.1, -0.05) is 12.1 Å². The smallest absolute Gasteiger partial charge is 0.344 e.